The van der Waals surface area contributed by atoms with E-state index >= 15 is 0 Å². The van der Waals surface area contributed by atoms with Gasteiger partial charge in [0.25, 0.3) is 5.91 Å². The number of rotatable bonds is 4. The van der Waals surface area contributed by atoms with Gasteiger partial charge in [-0.1, -0.05) is 0 Å². The second-order valence-corrected chi connectivity index (χ2v) is 6.63. The van der Waals surface area contributed by atoms with Gasteiger partial charge in [-0.15, -0.1) is 0 Å². The van der Waals surface area contributed by atoms with Gasteiger partial charge in [0, 0.05) is 44.5 Å². The number of anilines is 1. The van der Waals surface area contributed by atoms with E-state index in [1.54, 1.807) is 17.4 Å². The molecular weight excluding hydrogens is 332 g/mol. The second-order valence-electron chi connectivity index (χ2n) is 6.63. The Hall–Kier alpha value is -2.77. The number of carbonyl (C=O) groups is 1. The first-order valence-electron chi connectivity index (χ1n) is 9.08. The average molecular weight is 354 g/mol. The number of aromatic nitrogens is 4. The van der Waals surface area contributed by atoms with Gasteiger partial charge >= 0.3 is 0 Å². The summed E-state index contributed by atoms with van der Waals surface area (Å²) in [5, 5.41) is 0. The van der Waals surface area contributed by atoms with Crippen molar-refractivity contribution >= 4 is 11.7 Å². The van der Waals surface area contributed by atoms with E-state index in [2.05, 4.69) is 24.8 Å². The molecule has 2 aliphatic heterocycles. The quantitative estimate of drug-likeness (QED) is 0.823. The highest BCUT2D eigenvalue weighted by atomic mass is 16.5. The lowest BCUT2D eigenvalue weighted by atomic mass is 10.1. The Labute approximate surface area is 152 Å². The van der Waals surface area contributed by atoms with Crippen LogP contribution in [-0.4, -0.2) is 63.0 Å². The van der Waals surface area contributed by atoms with E-state index in [0.29, 0.717) is 24.7 Å². The molecule has 0 radical (unpaired) electrons. The largest absolute Gasteiger partial charge is 0.472 e. The van der Waals surface area contributed by atoms with E-state index < -0.39 is 0 Å². The van der Waals surface area contributed by atoms with E-state index in [1.807, 2.05) is 6.07 Å². The van der Waals surface area contributed by atoms with Crippen molar-refractivity contribution in [3.8, 4) is 5.88 Å². The molecule has 8 nitrogen and oxygen atoms in total. The minimum Gasteiger partial charge on any atom is -0.472 e. The van der Waals surface area contributed by atoms with Crippen molar-refractivity contribution in [1.29, 1.82) is 0 Å². The standard InChI is InChI=1S/C18H22N6O2/c25-18(15-11-19-5-6-20-15)24-9-4-14(12-24)26-17-10-16(21-13-22-17)23-7-2-1-3-8-23/h5-6,10-11,13-14H,1-4,7-9,12H2/t14-/m0/s1. The van der Waals surface area contributed by atoms with E-state index in [4.69, 9.17) is 4.74 Å². The molecule has 136 valence electrons. The molecule has 0 saturated carbocycles. The van der Waals surface area contributed by atoms with Gasteiger partial charge in [0.2, 0.25) is 5.88 Å². The zero-order valence-electron chi connectivity index (χ0n) is 14.6. The zero-order chi connectivity index (χ0) is 17.8. The summed E-state index contributed by atoms with van der Waals surface area (Å²) in [5.74, 6) is 1.38. The van der Waals surface area contributed by atoms with Crippen molar-refractivity contribution in [1.82, 2.24) is 24.8 Å². The molecule has 2 saturated heterocycles. The number of likely N-dealkylation sites (tertiary alicyclic amines) is 1. The molecule has 26 heavy (non-hydrogen) atoms. The molecule has 2 fully saturated rings. The van der Waals surface area contributed by atoms with Gasteiger partial charge in [0.1, 0.15) is 23.9 Å². The van der Waals surface area contributed by atoms with Gasteiger partial charge in [0.15, 0.2) is 0 Å². The molecule has 1 atom stereocenters. The molecule has 0 aliphatic carbocycles. The SMILES string of the molecule is O=C(c1cnccn1)N1CC[C@H](Oc2cc(N3CCCCC3)ncn2)C1. The van der Waals surface area contributed by atoms with Crippen LogP contribution in [0.3, 0.4) is 0 Å². The van der Waals surface area contributed by atoms with Crippen molar-refractivity contribution < 1.29 is 9.53 Å². The van der Waals surface area contributed by atoms with Gasteiger partial charge in [-0.3, -0.25) is 9.78 Å². The summed E-state index contributed by atoms with van der Waals surface area (Å²) in [4.78, 5) is 33.1. The lowest BCUT2D eigenvalue weighted by Crippen LogP contribution is -2.32. The van der Waals surface area contributed by atoms with Crippen LogP contribution in [0.1, 0.15) is 36.2 Å². The molecule has 2 aromatic heterocycles. The van der Waals surface area contributed by atoms with Crippen LogP contribution in [-0.2, 0) is 0 Å². The Bertz CT molecular complexity index is 750. The first kappa shape index (κ1) is 16.7. The fourth-order valence-corrected chi connectivity index (χ4v) is 3.44. The van der Waals surface area contributed by atoms with Crippen LogP contribution in [0, 0.1) is 0 Å². The molecule has 0 bridgehead atoms. The number of amides is 1. The summed E-state index contributed by atoms with van der Waals surface area (Å²) in [5.41, 5.74) is 0.363. The fourth-order valence-electron chi connectivity index (χ4n) is 3.44. The maximum absolute atomic E-state index is 12.4. The number of nitrogens with zero attached hydrogens (tertiary/aromatic N) is 6. The third-order valence-corrected chi connectivity index (χ3v) is 4.81. The minimum atomic E-state index is -0.110. The summed E-state index contributed by atoms with van der Waals surface area (Å²) >= 11 is 0. The van der Waals surface area contributed by atoms with Crippen LogP contribution in [0.5, 0.6) is 5.88 Å². The van der Waals surface area contributed by atoms with Crippen molar-refractivity contribution in [2.24, 2.45) is 0 Å². The fraction of sp³-hybridized carbons (Fsp3) is 0.500. The van der Waals surface area contributed by atoms with Crippen LogP contribution in [0.25, 0.3) is 0 Å². The number of piperidine rings is 1. The molecule has 0 spiro atoms. The lowest BCUT2D eigenvalue weighted by Gasteiger charge is -2.27. The summed E-state index contributed by atoms with van der Waals surface area (Å²) in [6.45, 7) is 3.23. The van der Waals surface area contributed by atoms with Crippen LogP contribution < -0.4 is 9.64 Å². The van der Waals surface area contributed by atoms with Gasteiger partial charge in [-0.05, 0) is 19.3 Å². The van der Waals surface area contributed by atoms with E-state index in [0.717, 1.165) is 25.3 Å². The predicted octanol–water partition coefficient (Wildman–Crippen LogP) is 1.55. The van der Waals surface area contributed by atoms with E-state index in [9.17, 15) is 4.79 Å². The molecule has 0 aromatic carbocycles. The molecule has 2 aliphatic rings. The molecule has 8 heteroatoms. The first-order valence-corrected chi connectivity index (χ1v) is 9.08. The third kappa shape index (κ3) is 3.74. The zero-order valence-corrected chi connectivity index (χ0v) is 14.6. The highest BCUT2D eigenvalue weighted by Crippen LogP contribution is 2.23. The minimum absolute atomic E-state index is 0.0697. The van der Waals surface area contributed by atoms with Crippen molar-refractivity contribution in [3.05, 3.63) is 36.7 Å². The van der Waals surface area contributed by atoms with Crippen molar-refractivity contribution in [2.75, 3.05) is 31.1 Å². The Balaban J connectivity index is 1.37. The Morgan fingerprint density at radius 1 is 1.08 bits per heavy atom. The highest BCUT2D eigenvalue weighted by molar-refractivity contribution is 5.92. The number of carbonyl (C=O) groups excluding carboxylic acids is 1. The summed E-state index contributed by atoms with van der Waals surface area (Å²) in [6, 6.07) is 1.90. The molecule has 0 N–H and O–H groups in total. The number of hydrogen-bond donors (Lipinski definition) is 0. The molecule has 4 heterocycles. The Morgan fingerprint density at radius 2 is 1.96 bits per heavy atom. The first-order chi connectivity index (χ1) is 12.8. The lowest BCUT2D eigenvalue weighted by molar-refractivity contribution is 0.0765. The normalized spacial score (nSPS) is 20.2. The summed E-state index contributed by atoms with van der Waals surface area (Å²) < 4.78 is 6.02. The number of hydrogen-bond acceptors (Lipinski definition) is 7. The van der Waals surface area contributed by atoms with Gasteiger partial charge in [-0.25, -0.2) is 15.0 Å². The van der Waals surface area contributed by atoms with Gasteiger partial charge in [-0.2, -0.15) is 0 Å². The van der Waals surface area contributed by atoms with Crippen LogP contribution in [0.2, 0.25) is 0 Å². The number of ether oxygens (including phenoxy) is 1. The van der Waals surface area contributed by atoms with Crippen LogP contribution in [0.15, 0.2) is 31.0 Å². The third-order valence-electron chi connectivity index (χ3n) is 4.81. The maximum Gasteiger partial charge on any atom is 0.274 e. The van der Waals surface area contributed by atoms with E-state index in [1.165, 1.54) is 31.7 Å². The summed E-state index contributed by atoms with van der Waals surface area (Å²) in [7, 11) is 0. The Morgan fingerprint density at radius 3 is 2.77 bits per heavy atom. The van der Waals surface area contributed by atoms with Crippen LogP contribution >= 0.6 is 0 Å². The van der Waals surface area contributed by atoms with Crippen molar-refractivity contribution in [2.45, 2.75) is 31.8 Å². The van der Waals surface area contributed by atoms with Crippen molar-refractivity contribution in [3.63, 3.8) is 0 Å². The Kier molecular flexibility index (Phi) is 4.90. The van der Waals surface area contributed by atoms with Crippen LogP contribution in [0.4, 0.5) is 5.82 Å². The highest BCUT2D eigenvalue weighted by Gasteiger charge is 2.29. The molecule has 0 unspecified atom stereocenters. The molecule has 1 amide bonds. The summed E-state index contributed by atoms with van der Waals surface area (Å²) in [6.07, 6.45) is 10.5. The maximum atomic E-state index is 12.4. The van der Waals surface area contributed by atoms with Gasteiger partial charge in [0.05, 0.1) is 12.7 Å². The van der Waals surface area contributed by atoms with E-state index in [-0.39, 0.29) is 12.0 Å². The second kappa shape index (κ2) is 7.63. The average Bonchev–Trinajstić information content (AvgIpc) is 3.17. The smallest absolute Gasteiger partial charge is 0.274 e. The predicted molar refractivity (Wildman–Crippen MR) is 95.1 cm³/mol. The monoisotopic (exact) mass is 354 g/mol. The molecule has 4 rings (SSSR count). The topological polar surface area (TPSA) is 84.3 Å². The van der Waals surface area contributed by atoms with Gasteiger partial charge < -0.3 is 14.5 Å². The molecule has 2 aromatic rings. The molecular formula is C18H22N6O2.